The normalized spacial score (nSPS) is 12.5. The fourth-order valence-electron chi connectivity index (χ4n) is 4.64. The van der Waals surface area contributed by atoms with Gasteiger partial charge in [-0.15, -0.1) is 0 Å². The fourth-order valence-corrected chi connectivity index (χ4v) is 4.64. The van der Waals surface area contributed by atoms with E-state index in [1.807, 2.05) is 18.2 Å². The van der Waals surface area contributed by atoms with Crippen LogP contribution in [0.25, 0.3) is 0 Å². The number of hydrogen-bond acceptors (Lipinski definition) is 2. The van der Waals surface area contributed by atoms with Gasteiger partial charge in [-0.3, -0.25) is 9.59 Å². The Labute approximate surface area is 213 Å². The number of hydrogen-bond donors (Lipinski definition) is 2. The van der Waals surface area contributed by atoms with Crippen LogP contribution in [0.4, 0.5) is 13.2 Å². The van der Waals surface area contributed by atoms with Crippen molar-refractivity contribution in [2.45, 2.75) is 24.1 Å². The molecule has 0 aliphatic carbocycles. The van der Waals surface area contributed by atoms with Crippen LogP contribution in [0.15, 0.2) is 115 Å². The van der Waals surface area contributed by atoms with E-state index in [0.29, 0.717) is 16.7 Å². The maximum absolute atomic E-state index is 14.3. The van der Waals surface area contributed by atoms with E-state index in [0.717, 1.165) is 6.07 Å². The molecule has 7 heteroatoms. The number of benzene rings is 4. The standard InChI is InChI=1S/C30H25F3N2O2/c31-30(32,33)25-19-11-10-12-21(25)20-26(27(34)36)35-28(37)29(22-13-4-1-5-14-22,23-15-6-2-7-16-23)24-17-8-3-9-18-24/h1-19,26H,20H2,(H2,34,36)(H,35,37)/t26-/m1/s1. The zero-order valence-electron chi connectivity index (χ0n) is 19.8. The maximum atomic E-state index is 14.3. The van der Waals surface area contributed by atoms with Crippen molar-refractivity contribution < 1.29 is 22.8 Å². The molecule has 2 amide bonds. The summed E-state index contributed by atoms with van der Waals surface area (Å²) in [7, 11) is 0. The van der Waals surface area contributed by atoms with Gasteiger partial charge in [-0.2, -0.15) is 13.2 Å². The molecule has 37 heavy (non-hydrogen) atoms. The summed E-state index contributed by atoms with van der Waals surface area (Å²) in [4.78, 5) is 26.8. The third kappa shape index (κ3) is 5.26. The van der Waals surface area contributed by atoms with Crippen LogP contribution >= 0.6 is 0 Å². The molecule has 0 unspecified atom stereocenters. The number of halogens is 3. The molecule has 188 valence electrons. The van der Waals surface area contributed by atoms with Crippen LogP contribution in [0.2, 0.25) is 0 Å². The SMILES string of the molecule is NC(=O)[C@@H](Cc1ccccc1C(F)(F)F)NC(=O)C(c1ccccc1)(c1ccccc1)c1ccccc1. The zero-order valence-corrected chi connectivity index (χ0v) is 19.8. The van der Waals surface area contributed by atoms with Crippen molar-refractivity contribution in [3.63, 3.8) is 0 Å². The number of carbonyl (C=O) groups excluding carboxylic acids is 2. The van der Waals surface area contributed by atoms with E-state index in [9.17, 15) is 22.8 Å². The molecule has 4 aromatic carbocycles. The highest BCUT2D eigenvalue weighted by atomic mass is 19.4. The molecule has 1 atom stereocenters. The van der Waals surface area contributed by atoms with E-state index >= 15 is 0 Å². The van der Waals surface area contributed by atoms with Gasteiger partial charge in [-0.25, -0.2) is 0 Å². The molecule has 4 nitrogen and oxygen atoms in total. The average molecular weight is 503 g/mol. The van der Waals surface area contributed by atoms with Gasteiger partial charge in [0.1, 0.15) is 11.5 Å². The van der Waals surface area contributed by atoms with Crippen LogP contribution in [-0.4, -0.2) is 17.9 Å². The second-order valence-electron chi connectivity index (χ2n) is 8.64. The summed E-state index contributed by atoms with van der Waals surface area (Å²) >= 11 is 0. The Balaban J connectivity index is 1.84. The summed E-state index contributed by atoms with van der Waals surface area (Å²) in [6, 6.07) is 30.7. The lowest BCUT2D eigenvalue weighted by atomic mass is 9.68. The topological polar surface area (TPSA) is 72.2 Å². The third-order valence-corrected chi connectivity index (χ3v) is 6.36. The Morgan fingerprint density at radius 3 is 1.49 bits per heavy atom. The van der Waals surface area contributed by atoms with Crippen LogP contribution in [0.5, 0.6) is 0 Å². The van der Waals surface area contributed by atoms with Crippen molar-refractivity contribution in [2.75, 3.05) is 0 Å². The minimum atomic E-state index is -4.62. The van der Waals surface area contributed by atoms with Gasteiger partial charge in [0.25, 0.3) is 0 Å². The number of nitrogens with two attached hydrogens (primary N) is 1. The van der Waals surface area contributed by atoms with Crippen molar-refractivity contribution in [2.24, 2.45) is 5.73 Å². The number of alkyl halides is 3. The highest BCUT2D eigenvalue weighted by Crippen LogP contribution is 2.40. The second kappa shape index (κ2) is 10.7. The maximum Gasteiger partial charge on any atom is 0.416 e. The Morgan fingerprint density at radius 1 is 0.676 bits per heavy atom. The van der Waals surface area contributed by atoms with Crippen molar-refractivity contribution in [1.29, 1.82) is 0 Å². The second-order valence-corrected chi connectivity index (χ2v) is 8.64. The molecule has 0 spiro atoms. The van der Waals surface area contributed by atoms with Gasteiger partial charge in [0, 0.05) is 6.42 Å². The highest BCUT2D eigenvalue weighted by molar-refractivity contribution is 5.98. The summed E-state index contributed by atoms with van der Waals surface area (Å²) < 4.78 is 40.8. The third-order valence-electron chi connectivity index (χ3n) is 6.36. The highest BCUT2D eigenvalue weighted by Gasteiger charge is 2.45. The summed E-state index contributed by atoms with van der Waals surface area (Å²) in [5.41, 5.74) is 5.09. The summed E-state index contributed by atoms with van der Waals surface area (Å²) in [6.45, 7) is 0. The minimum Gasteiger partial charge on any atom is -0.368 e. The van der Waals surface area contributed by atoms with E-state index in [2.05, 4.69) is 5.32 Å². The average Bonchev–Trinajstić information content (AvgIpc) is 2.90. The monoisotopic (exact) mass is 502 g/mol. The van der Waals surface area contributed by atoms with Gasteiger partial charge in [0.05, 0.1) is 5.56 Å². The number of amides is 2. The van der Waals surface area contributed by atoms with E-state index in [-0.39, 0.29) is 5.56 Å². The van der Waals surface area contributed by atoms with Crippen molar-refractivity contribution >= 4 is 11.8 Å². The van der Waals surface area contributed by atoms with Crippen LogP contribution in [-0.2, 0) is 27.6 Å². The van der Waals surface area contributed by atoms with Crippen molar-refractivity contribution in [3.8, 4) is 0 Å². The van der Waals surface area contributed by atoms with Crippen molar-refractivity contribution in [3.05, 3.63) is 143 Å². The summed E-state index contributed by atoms with van der Waals surface area (Å²) in [5.74, 6) is -1.52. The molecule has 3 N–H and O–H groups in total. The molecule has 0 aliphatic rings. The largest absolute Gasteiger partial charge is 0.416 e. The molecule has 4 rings (SSSR count). The molecule has 0 saturated heterocycles. The first-order valence-electron chi connectivity index (χ1n) is 11.7. The van der Waals surface area contributed by atoms with Gasteiger partial charge in [0.15, 0.2) is 0 Å². The summed E-state index contributed by atoms with van der Waals surface area (Å²) in [6.07, 6.45) is -5.03. The molecule has 0 heterocycles. The molecule has 0 bridgehead atoms. The Morgan fingerprint density at radius 2 is 1.08 bits per heavy atom. The molecular formula is C30H25F3N2O2. The van der Waals surface area contributed by atoms with Crippen LogP contribution in [0, 0.1) is 0 Å². The van der Waals surface area contributed by atoms with Gasteiger partial charge in [0.2, 0.25) is 11.8 Å². The fraction of sp³-hybridized carbons (Fsp3) is 0.133. The van der Waals surface area contributed by atoms with Gasteiger partial charge < -0.3 is 11.1 Å². The zero-order chi connectivity index (χ0) is 26.5. The van der Waals surface area contributed by atoms with Crippen LogP contribution in [0.1, 0.15) is 27.8 Å². The smallest absolute Gasteiger partial charge is 0.368 e. The Hall–Kier alpha value is -4.39. The number of primary amides is 1. The molecule has 4 aromatic rings. The van der Waals surface area contributed by atoms with E-state index < -0.39 is 41.4 Å². The Kier molecular flexibility index (Phi) is 7.43. The molecule has 0 fully saturated rings. The number of nitrogens with one attached hydrogen (secondary N) is 1. The Bertz CT molecular complexity index is 1260. The van der Waals surface area contributed by atoms with Crippen molar-refractivity contribution in [1.82, 2.24) is 5.32 Å². The first-order chi connectivity index (χ1) is 17.7. The molecule has 0 saturated carbocycles. The van der Waals surface area contributed by atoms with Crippen LogP contribution in [0.3, 0.4) is 0 Å². The lowest BCUT2D eigenvalue weighted by Crippen LogP contribution is -2.54. The first-order valence-corrected chi connectivity index (χ1v) is 11.7. The number of carbonyl (C=O) groups is 2. The predicted octanol–water partition coefficient (Wildman–Crippen LogP) is 5.25. The summed E-state index contributed by atoms with van der Waals surface area (Å²) in [5, 5.41) is 2.70. The van der Waals surface area contributed by atoms with Gasteiger partial charge >= 0.3 is 6.18 Å². The predicted molar refractivity (Wildman–Crippen MR) is 135 cm³/mol. The number of rotatable bonds is 8. The van der Waals surface area contributed by atoms with E-state index in [1.54, 1.807) is 72.8 Å². The molecule has 0 radical (unpaired) electrons. The van der Waals surface area contributed by atoms with Gasteiger partial charge in [-0.1, -0.05) is 109 Å². The molecule has 0 aliphatic heterocycles. The van der Waals surface area contributed by atoms with E-state index in [4.69, 9.17) is 5.73 Å². The van der Waals surface area contributed by atoms with Gasteiger partial charge in [-0.05, 0) is 28.3 Å². The minimum absolute atomic E-state index is 0.135. The molecular weight excluding hydrogens is 477 g/mol. The van der Waals surface area contributed by atoms with Crippen LogP contribution < -0.4 is 11.1 Å². The first kappa shape index (κ1) is 25.7. The lowest BCUT2D eigenvalue weighted by molar-refractivity contribution is -0.138. The lowest BCUT2D eigenvalue weighted by Gasteiger charge is -2.35. The quantitative estimate of drug-likeness (QED) is 0.323. The molecule has 0 aromatic heterocycles. The van der Waals surface area contributed by atoms with E-state index in [1.165, 1.54) is 18.2 Å².